The van der Waals surface area contributed by atoms with Crippen molar-refractivity contribution in [3.63, 3.8) is 0 Å². The van der Waals surface area contributed by atoms with E-state index in [1.165, 1.54) is 70.6 Å². The lowest BCUT2D eigenvalue weighted by atomic mass is 10.1. The molecule has 0 aromatic carbocycles. The summed E-state index contributed by atoms with van der Waals surface area (Å²) in [6, 6.07) is 0. The van der Waals surface area contributed by atoms with E-state index in [9.17, 15) is 5.11 Å². The van der Waals surface area contributed by atoms with Crippen molar-refractivity contribution in [3.05, 3.63) is 24.3 Å². The highest BCUT2D eigenvalue weighted by Crippen LogP contribution is 2.11. The molecular weight excluding hydrogens is 377 g/mol. The van der Waals surface area contributed by atoms with Gasteiger partial charge in [-0.2, -0.15) is 0 Å². The first-order valence-corrected chi connectivity index (χ1v) is 11.4. The van der Waals surface area contributed by atoms with E-state index >= 15 is 0 Å². The molecule has 0 radical (unpaired) electrons. The van der Waals surface area contributed by atoms with Gasteiger partial charge in [0.15, 0.2) is 0 Å². The second-order valence-electron chi connectivity index (χ2n) is 8.23. The summed E-state index contributed by atoms with van der Waals surface area (Å²) in [4.78, 5) is 0. The molecule has 0 fully saturated rings. The first-order chi connectivity index (χ1) is 12.5. The third-order valence-electron chi connectivity index (χ3n) is 4.85. The fraction of sp³-hybridized carbons (Fsp3) is 0.826. The molecule has 27 heavy (non-hydrogen) atoms. The summed E-state index contributed by atoms with van der Waals surface area (Å²) in [7, 11) is 4.37. The van der Waals surface area contributed by atoms with Crippen LogP contribution in [-0.2, 0) is 0 Å². The van der Waals surface area contributed by atoms with Crippen LogP contribution in [0.25, 0.3) is 0 Å². The number of hydrogen-bond acceptors (Lipinski definition) is 1. The minimum Gasteiger partial charge on any atom is -1.00 e. The van der Waals surface area contributed by atoms with Crippen LogP contribution < -0.4 is 12.4 Å². The predicted octanol–water partition coefficient (Wildman–Crippen LogP) is 3.48. The van der Waals surface area contributed by atoms with E-state index < -0.39 is 0 Å². The molecule has 162 valence electrons. The van der Waals surface area contributed by atoms with Gasteiger partial charge in [-0.3, -0.25) is 0 Å². The molecule has 0 amide bonds. The normalized spacial score (nSPS) is 13.4. The highest BCUT2D eigenvalue weighted by molar-refractivity contribution is 6.18. The van der Waals surface area contributed by atoms with E-state index in [1.54, 1.807) is 0 Å². The Morgan fingerprint density at radius 3 is 1.89 bits per heavy atom. The van der Waals surface area contributed by atoms with Crippen LogP contribution >= 0.6 is 11.6 Å². The lowest BCUT2D eigenvalue weighted by Crippen LogP contribution is -3.00. The van der Waals surface area contributed by atoms with Crippen molar-refractivity contribution in [1.82, 2.24) is 0 Å². The minimum atomic E-state index is -0.378. The molecule has 0 spiro atoms. The Kier molecular flexibility index (Phi) is 22.4. The van der Waals surface area contributed by atoms with Crippen molar-refractivity contribution in [3.8, 4) is 0 Å². The fourth-order valence-corrected chi connectivity index (χ4v) is 3.34. The second-order valence-corrected chi connectivity index (χ2v) is 8.54. The van der Waals surface area contributed by atoms with Gasteiger partial charge in [0, 0.05) is 0 Å². The average molecular weight is 423 g/mol. The summed E-state index contributed by atoms with van der Waals surface area (Å²) in [5, 5.41) is 9.67. The smallest absolute Gasteiger partial charge is 0.116 e. The number of alkyl halides is 1. The summed E-state index contributed by atoms with van der Waals surface area (Å²) in [6.45, 7) is 4.13. The first kappa shape index (κ1) is 29.2. The van der Waals surface area contributed by atoms with Gasteiger partial charge in [0.05, 0.1) is 26.5 Å². The van der Waals surface area contributed by atoms with Crippen LogP contribution in [0.1, 0.15) is 84.0 Å². The standard InChI is InChI=1S/C23H45ClNO.ClH/c1-4-5-6-7-8-9-10-11-12-13-14-15-16-17-18-19-20-25(2,3)22-23(26)21-24;/h8-9,11-12,23,26H,4-7,10,13-22H2,1-3H3;1H/q+1;/p-1/b9-8-,12-11-;. The molecule has 0 aromatic heterocycles. The van der Waals surface area contributed by atoms with Gasteiger partial charge in [-0.05, 0) is 44.9 Å². The van der Waals surface area contributed by atoms with Crippen molar-refractivity contribution in [1.29, 1.82) is 0 Å². The molecule has 4 heteroatoms. The highest BCUT2D eigenvalue weighted by Gasteiger charge is 2.19. The second kappa shape index (κ2) is 20.7. The van der Waals surface area contributed by atoms with Gasteiger partial charge in [0.2, 0.25) is 0 Å². The van der Waals surface area contributed by atoms with Crippen LogP contribution in [0.5, 0.6) is 0 Å². The molecule has 0 bridgehead atoms. The van der Waals surface area contributed by atoms with Crippen molar-refractivity contribution < 1.29 is 22.0 Å². The molecule has 0 aliphatic carbocycles. The van der Waals surface area contributed by atoms with Crippen LogP contribution in [0, 0.1) is 0 Å². The molecule has 2 nitrogen and oxygen atoms in total. The number of hydrogen-bond donors (Lipinski definition) is 1. The van der Waals surface area contributed by atoms with Crippen LogP contribution in [-0.4, -0.2) is 48.8 Å². The molecule has 0 aliphatic heterocycles. The third kappa shape index (κ3) is 22.1. The Morgan fingerprint density at radius 2 is 1.33 bits per heavy atom. The summed E-state index contributed by atoms with van der Waals surface area (Å²) in [5.41, 5.74) is 0. The number of rotatable bonds is 18. The van der Waals surface area contributed by atoms with Gasteiger partial charge >= 0.3 is 0 Å². The molecule has 0 rings (SSSR count). The highest BCUT2D eigenvalue weighted by atomic mass is 35.5. The SMILES string of the molecule is CCCCC/C=C\C/C=C\CCCCCCCC[N+](C)(C)CC(O)CCl.[Cl-]. The van der Waals surface area contributed by atoms with E-state index in [4.69, 9.17) is 11.6 Å². The van der Waals surface area contributed by atoms with E-state index in [2.05, 4.69) is 45.3 Å². The zero-order chi connectivity index (χ0) is 19.5. The van der Waals surface area contributed by atoms with E-state index in [-0.39, 0.29) is 18.5 Å². The zero-order valence-corrected chi connectivity index (χ0v) is 19.7. The maximum absolute atomic E-state index is 9.67. The molecule has 1 N–H and O–H groups in total. The summed E-state index contributed by atoms with van der Waals surface area (Å²) in [5.74, 6) is 0.339. The van der Waals surface area contributed by atoms with Crippen molar-refractivity contribution in [2.45, 2.75) is 90.1 Å². The van der Waals surface area contributed by atoms with Gasteiger partial charge in [-0.1, -0.05) is 63.3 Å². The van der Waals surface area contributed by atoms with Gasteiger partial charge in [-0.15, -0.1) is 11.6 Å². The zero-order valence-electron chi connectivity index (χ0n) is 18.1. The summed E-state index contributed by atoms with van der Waals surface area (Å²) in [6.07, 6.45) is 24.4. The number of aliphatic hydroxyl groups excluding tert-OH is 1. The number of unbranched alkanes of at least 4 members (excludes halogenated alkanes) is 9. The molecule has 0 saturated carbocycles. The Labute approximate surface area is 181 Å². The molecule has 0 saturated heterocycles. The monoisotopic (exact) mass is 421 g/mol. The quantitative estimate of drug-likeness (QED) is 0.155. The summed E-state index contributed by atoms with van der Waals surface area (Å²) >= 11 is 5.69. The minimum absolute atomic E-state index is 0. The predicted molar refractivity (Wildman–Crippen MR) is 118 cm³/mol. The fourth-order valence-electron chi connectivity index (χ4n) is 3.24. The van der Waals surface area contributed by atoms with Crippen molar-refractivity contribution in [2.24, 2.45) is 0 Å². The van der Waals surface area contributed by atoms with Crippen LogP contribution in [0.3, 0.4) is 0 Å². The van der Waals surface area contributed by atoms with Gasteiger partial charge < -0.3 is 22.0 Å². The van der Waals surface area contributed by atoms with Gasteiger partial charge in [-0.25, -0.2) is 0 Å². The molecule has 0 heterocycles. The molecule has 0 aromatic rings. The molecule has 1 unspecified atom stereocenters. The lowest BCUT2D eigenvalue weighted by molar-refractivity contribution is -0.893. The van der Waals surface area contributed by atoms with Gasteiger partial charge in [0.1, 0.15) is 12.6 Å². The number of allylic oxidation sites excluding steroid dienone is 4. The Bertz CT molecular complexity index is 356. The van der Waals surface area contributed by atoms with E-state index in [0.717, 1.165) is 24.0 Å². The summed E-state index contributed by atoms with van der Waals surface area (Å²) < 4.78 is 0.867. The molecule has 1 atom stereocenters. The number of quaternary nitrogens is 1. The largest absolute Gasteiger partial charge is 1.00 e. The lowest BCUT2D eigenvalue weighted by Gasteiger charge is -2.31. The first-order valence-electron chi connectivity index (χ1n) is 10.9. The number of halogens is 2. The topological polar surface area (TPSA) is 20.2 Å². The Hall–Kier alpha value is -0.0200. The van der Waals surface area contributed by atoms with E-state index in [0.29, 0.717) is 5.88 Å². The average Bonchev–Trinajstić information content (AvgIpc) is 2.60. The molecular formula is C23H45Cl2NO. The third-order valence-corrected chi connectivity index (χ3v) is 5.20. The van der Waals surface area contributed by atoms with Crippen molar-refractivity contribution in [2.75, 3.05) is 33.1 Å². The van der Waals surface area contributed by atoms with Crippen LogP contribution in [0.15, 0.2) is 24.3 Å². The van der Waals surface area contributed by atoms with Gasteiger partial charge in [0.25, 0.3) is 0 Å². The van der Waals surface area contributed by atoms with E-state index in [1.807, 2.05) is 0 Å². The molecule has 0 aliphatic rings. The maximum atomic E-state index is 9.67. The number of nitrogens with zero attached hydrogens (tertiary/aromatic N) is 1. The van der Waals surface area contributed by atoms with Crippen LogP contribution in [0.2, 0.25) is 0 Å². The Morgan fingerprint density at radius 1 is 0.815 bits per heavy atom. The van der Waals surface area contributed by atoms with Crippen molar-refractivity contribution >= 4 is 11.6 Å². The van der Waals surface area contributed by atoms with Crippen LogP contribution in [0.4, 0.5) is 0 Å². The number of likely N-dealkylation sites (N-methyl/N-ethyl adjacent to an activating group) is 1. The maximum Gasteiger partial charge on any atom is 0.116 e. The number of aliphatic hydroxyl groups is 1. The Balaban J connectivity index is 0.